The topological polar surface area (TPSA) is 123 Å². The van der Waals surface area contributed by atoms with Crippen LogP contribution in [0.3, 0.4) is 0 Å². The molecule has 0 saturated carbocycles. The summed E-state index contributed by atoms with van der Waals surface area (Å²) in [4.78, 5) is 16.1. The van der Waals surface area contributed by atoms with Crippen LogP contribution in [0.25, 0.3) is 0 Å². The number of nitrogens with zero attached hydrogens (tertiary/aromatic N) is 5. The van der Waals surface area contributed by atoms with Gasteiger partial charge in [0, 0.05) is 9.85 Å². The number of carbonyl (C=O) groups is 1. The van der Waals surface area contributed by atoms with Gasteiger partial charge in [-0.1, -0.05) is 39.8 Å². The molecule has 0 saturated heterocycles. The predicted octanol–water partition coefficient (Wildman–Crippen LogP) is 2.70. The van der Waals surface area contributed by atoms with Crippen LogP contribution in [0.5, 0.6) is 0 Å². The Balaban J connectivity index is 1.53. The lowest BCUT2D eigenvalue weighted by Crippen LogP contribution is -2.16. The first kappa shape index (κ1) is 19.3. The summed E-state index contributed by atoms with van der Waals surface area (Å²) in [5.74, 6) is 6.14. The van der Waals surface area contributed by atoms with Crippen molar-refractivity contribution in [1.82, 2.24) is 19.9 Å². The molecule has 0 atom stereocenters. The summed E-state index contributed by atoms with van der Waals surface area (Å²) in [6.45, 7) is 1.87. The molecule has 1 aromatic carbocycles. The minimum atomic E-state index is -0.195. The summed E-state index contributed by atoms with van der Waals surface area (Å²) in [6, 6.07) is 7.66. The number of hydrazone groups is 1. The van der Waals surface area contributed by atoms with Crippen LogP contribution >= 0.6 is 39.0 Å². The Morgan fingerprint density at radius 1 is 1.48 bits per heavy atom. The Morgan fingerprint density at radius 3 is 3.07 bits per heavy atom. The molecule has 27 heavy (non-hydrogen) atoms. The van der Waals surface area contributed by atoms with Gasteiger partial charge in [0.25, 0.3) is 5.95 Å². The number of nitrogens with one attached hydrogen (secondary N) is 2. The molecule has 1 amide bonds. The Labute approximate surface area is 171 Å². The number of aromatic nitrogens is 4. The van der Waals surface area contributed by atoms with Crippen LogP contribution in [-0.4, -0.2) is 37.7 Å². The fourth-order valence-electron chi connectivity index (χ4n) is 1.90. The van der Waals surface area contributed by atoms with E-state index >= 15 is 0 Å². The van der Waals surface area contributed by atoms with Crippen molar-refractivity contribution in [3.8, 4) is 0 Å². The molecule has 0 unspecified atom stereocenters. The first-order valence-corrected chi connectivity index (χ1v) is 10.3. The van der Waals surface area contributed by atoms with E-state index in [1.54, 1.807) is 6.21 Å². The number of aryl methyl sites for hydroxylation is 1. The number of hydrogen-bond donors (Lipinski definition) is 3. The van der Waals surface area contributed by atoms with Crippen molar-refractivity contribution in [3.05, 3.63) is 45.4 Å². The molecule has 3 rings (SSSR count). The molecule has 2 heterocycles. The largest absolute Gasteiger partial charge is 0.334 e. The molecule has 0 aliphatic rings. The maximum Gasteiger partial charge on any atom is 0.264 e. The van der Waals surface area contributed by atoms with Crippen LogP contribution in [0.1, 0.15) is 11.3 Å². The second-order valence-corrected chi connectivity index (χ2v) is 7.95. The molecule has 0 radical (unpaired) electrons. The summed E-state index contributed by atoms with van der Waals surface area (Å²) in [7, 11) is 0. The molecule has 12 heteroatoms. The third-order valence-corrected chi connectivity index (χ3v) is 5.40. The monoisotopic (exact) mass is 466 g/mol. The van der Waals surface area contributed by atoms with E-state index in [0.29, 0.717) is 10.3 Å². The van der Waals surface area contributed by atoms with E-state index in [9.17, 15) is 4.79 Å². The molecule has 0 bridgehead atoms. The number of halogens is 1. The van der Waals surface area contributed by atoms with Crippen molar-refractivity contribution in [2.24, 2.45) is 5.10 Å². The number of amides is 1. The van der Waals surface area contributed by atoms with Crippen LogP contribution in [0.2, 0.25) is 0 Å². The summed E-state index contributed by atoms with van der Waals surface area (Å²) >= 11 is 5.94. The molecule has 4 N–H and O–H groups in total. The number of rotatable bonds is 7. The molecular weight excluding hydrogens is 452 g/mol. The Morgan fingerprint density at radius 2 is 2.33 bits per heavy atom. The van der Waals surface area contributed by atoms with E-state index in [0.717, 1.165) is 27.5 Å². The van der Waals surface area contributed by atoms with E-state index in [1.807, 2.05) is 36.6 Å². The molecule has 0 aliphatic carbocycles. The van der Waals surface area contributed by atoms with Gasteiger partial charge in [0.1, 0.15) is 0 Å². The Kier molecular flexibility index (Phi) is 6.42. The molecule has 140 valence electrons. The number of thioether (sulfide) groups is 1. The predicted molar refractivity (Wildman–Crippen MR) is 112 cm³/mol. The highest BCUT2D eigenvalue weighted by molar-refractivity contribution is 9.10. The zero-order chi connectivity index (χ0) is 19.2. The summed E-state index contributed by atoms with van der Waals surface area (Å²) in [5.41, 5.74) is 4.50. The summed E-state index contributed by atoms with van der Waals surface area (Å²) in [6.07, 6.45) is 1.63. The van der Waals surface area contributed by atoms with Crippen LogP contribution in [0, 0.1) is 6.92 Å². The van der Waals surface area contributed by atoms with E-state index in [2.05, 4.69) is 47.0 Å². The highest BCUT2D eigenvalue weighted by atomic mass is 79.9. The normalized spacial score (nSPS) is 11.0. The molecule has 0 aliphatic heterocycles. The molecule has 9 nitrogen and oxygen atoms in total. The van der Waals surface area contributed by atoms with Gasteiger partial charge in [0.15, 0.2) is 5.13 Å². The second-order valence-electron chi connectivity index (χ2n) is 5.23. The maximum absolute atomic E-state index is 12.0. The first-order valence-electron chi connectivity index (χ1n) is 7.61. The van der Waals surface area contributed by atoms with Crippen molar-refractivity contribution < 1.29 is 4.79 Å². The lowest BCUT2D eigenvalue weighted by atomic mass is 10.2. The lowest BCUT2D eigenvalue weighted by Gasteiger charge is -2.03. The van der Waals surface area contributed by atoms with Gasteiger partial charge in [-0.25, -0.2) is 15.1 Å². The molecular formula is C15H15BrN8OS2. The number of hydrogen-bond acceptors (Lipinski definition) is 9. The van der Waals surface area contributed by atoms with Crippen molar-refractivity contribution in [2.45, 2.75) is 12.1 Å². The van der Waals surface area contributed by atoms with Crippen molar-refractivity contribution in [1.29, 1.82) is 0 Å². The van der Waals surface area contributed by atoms with Crippen molar-refractivity contribution in [3.63, 3.8) is 0 Å². The fraction of sp³-hybridized carbons (Fsp3) is 0.133. The van der Waals surface area contributed by atoms with Crippen LogP contribution in [-0.2, 0) is 4.79 Å². The number of thiazole rings is 1. The highest BCUT2D eigenvalue weighted by Gasteiger charge is 2.12. The molecule has 0 fully saturated rings. The van der Waals surface area contributed by atoms with Gasteiger partial charge in [-0.15, -0.1) is 21.5 Å². The summed E-state index contributed by atoms with van der Waals surface area (Å²) < 4.78 is 2.20. The number of nitrogens with two attached hydrogens (primary N) is 1. The van der Waals surface area contributed by atoms with Crippen LogP contribution < -0.4 is 16.6 Å². The average Bonchev–Trinajstić information content (AvgIpc) is 3.19. The van der Waals surface area contributed by atoms with Gasteiger partial charge in [-0.2, -0.15) is 5.10 Å². The van der Waals surface area contributed by atoms with E-state index in [-0.39, 0.29) is 17.6 Å². The third kappa shape index (κ3) is 5.52. The quantitative estimate of drug-likeness (QED) is 0.211. The number of benzene rings is 1. The lowest BCUT2D eigenvalue weighted by molar-refractivity contribution is -0.113. The number of anilines is 2. The first-order chi connectivity index (χ1) is 13.0. The smallest absolute Gasteiger partial charge is 0.264 e. The van der Waals surface area contributed by atoms with E-state index < -0.39 is 0 Å². The number of carbonyl (C=O) groups excluding carboxylic acids is 1. The SMILES string of the molecule is Cc1csc(NC(=O)CSc2nnc(N/N=C/c3cccc(Br)c3)n2N)n1. The average molecular weight is 467 g/mol. The maximum atomic E-state index is 12.0. The number of nitrogen functional groups attached to an aromatic ring is 1. The van der Waals surface area contributed by atoms with Gasteiger partial charge in [-0.3, -0.25) is 4.79 Å². The van der Waals surface area contributed by atoms with Crippen molar-refractivity contribution >= 4 is 62.2 Å². The van der Waals surface area contributed by atoms with Crippen LogP contribution in [0.4, 0.5) is 11.1 Å². The molecule has 0 spiro atoms. The Bertz CT molecular complexity index is 970. The minimum absolute atomic E-state index is 0.134. The van der Waals surface area contributed by atoms with Gasteiger partial charge < -0.3 is 11.2 Å². The fourth-order valence-corrected chi connectivity index (χ4v) is 3.68. The van der Waals surface area contributed by atoms with Crippen LogP contribution in [0.15, 0.2) is 44.4 Å². The minimum Gasteiger partial charge on any atom is -0.334 e. The van der Waals surface area contributed by atoms with Crippen molar-refractivity contribution in [2.75, 3.05) is 22.3 Å². The van der Waals surface area contributed by atoms with Gasteiger partial charge in [0.05, 0.1) is 17.7 Å². The second kappa shape index (κ2) is 8.97. The van der Waals surface area contributed by atoms with Gasteiger partial charge in [-0.05, 0) is 24.6 Å². The highest BCUT2D eigenvalue weighted by Crippen LogP contribution is 2.19. The standard InChI is InChI=1S/C15H15BrN8OS2/c1-9-7-26-14(19-9)20-12(25)8-27-15-23-22-13(24(15)17)21-18-6-10-3-2-4-11(16)5-10/h2-7H,8,17H2,1H3,(H,21,22)(H,19,20,25)/b18-6+. The molecule has 2 aromatic heterocycles. The Hall–Kier alpha value is -2.44. The van der Waals surface area contributed by atoms with E-state index in [1.165, 1.54) is 16.0 Å². The zero-order valence-electron chi connectivity index (χ0n) is 14.1. The van der Waals surface area contributed by atoms with E-state index in [4.69, 9.17) is 5.84 Å². The van der Waals surface area contributed by atoms with Gasteiger partial charge >= 0.3 is 0 Å². The third-order valence-electron chi connectivity index (χ3n) is 3.09. The zero-order valence-corrected chi connectivity index (χ0v) is 17.3. The summed E-state index contributed by atoms with van der Waals surface area (Å²) in [5, 5.41) is 17.5. The molecule has 3 aromatic rings. The van der Waals surface area contributed by atoms with Gasteiger partial charge in [0.2, 0.25) is 11.1 Å².